The highest BCUT2D eigenvalue weighted by Crippen LogP contribution is 2.44. The van der Waals surface area contributed by atoms with Gasteiger partial charge in [-0.25, -0.2) is 0 Å². The maximum Gasteiger partial charge on any atom is 0.113 e. The van der Waals surface area contributed by atoms with Gasteiger partial charge in [0.25, 0.3) is 0 Å². The molecule has 5 rings (SSSR count). The van der Waals surface area contributed by atoms with E-state index in [4.69, 9.17) is 7.85 Å². The lowest BCUT2D eigenvalue weighted by atomic mass is 9.91. The monoisotopic (exact) mass is 562 g/mol. The molecule has 43 heavy (non-hydrogen) atoms. The molecule has 0 saturated carbocycles. The van der Waals surface area contributed by atoms with Gasteiger partial charge in [-0.2, -0.15) is 0 Å². The first-order chi connectivity index (χ1) is 20.7. The van der Waals surface area contributed by atoms with Crippen LogP contribution in [0.1, 0.15) is 58.7 Å². The SMILES string of the molecule is [B]c1cc(C)c(N(c2ccc(C)cc2)c2cccc(N(c3ccc(C)cc3)c3c(C)cc(CCCC)cc3C)c2)c(C)c1. The summed E-state index contributed by atoms with van der Waals surface area (Å²) in [5.41, 5.74) is 16.5. The van der Waals surface area contributed by atoms with Crippen molar-refractivity contribution >= 4 is 47.4 Å². The van der Waals surface area contributed by atoms with E-state index in [2.05, 4.69) is 155 Å². The molecule has 5 aromatic carbocycles. The van der Waals surface area contributed by atoms with Gasteiger partial charge < -0.3 is 9.80 Å². The van der Waals surface area contributed by atoms with Crippen molar-refractivity contribution in [3.8, 4) is 0 Å². The number of nitrogens with zero attached hydrogens (tertiary/aromatic N) is 2. The van der Waals surface area contributed by atoms with Crippen LogP contribution in [-0.2, 0) is 6.42 Å². The first kappa shape index (κ1) is 30.2. The lowest BCUT2D eigenvalue weighted by Crippen LogP contribution is -2.17. The Kier molecular flexibility index (Phi) is 9.11. The van der Waals surface area contributed by atoms with Crippen LogP contribution < -0.4 is 15.3 Å². The quantitative estimate of drug-likeness (QED) is 0.165. The molecule has 0 fully saturated rings. The van der Waals surface area contributed by atoms with Gasteiger partial charge in [0.15, 0.2) is 0 Å². The molecule has 0 unspecified atom stereocenters. The van der Waals surface area contributed by atoms with E-state index >= 15 is 0 Å². The molecule has 216 valence electrons. The second kappa shape index (κ2) is 13.0. The highest BCUT2D eigenvalue weighted by molar-refractivity contribution is 6.32. The first-order valence-electron chi connectivity index (χ1n) is 15.5. The molecule has 2 radical (unpaired) electrons. The molecule has 0 atom stereocenters. The Bertz CT molecular complexity index is 1670. The van der Waals surface area contributed by atoms with Crippen LogP contribution in [0.2, 0.25) is 0 Å². The summed E-state index contributed by atoms with van der Waals surface area (Å²) in [5, 5.41) is 0. The van der Waals surface area contributed by atoms with Crippen molar-refractivity contribution in [2.45, 2.75) is 67.7 Å². The van der Waals surface area contributed by atoms with Gasteiger partial charge in [-0.15, -0.1) is 0 Å². The predicted molar refractivity (Wildman–Crippen MR) is 188 cm³/mol. The average Bonchev–Trinajstić information content (AvgIpc) is 2.97. The van der Waals surface area contributed by atoms with Crippen molar-refractivity contribution in [3.05, 3.63) is 136 Å². The smallest absolute Gasteiger partial charge is 0.113 e. The molecular weight excluding hydrogens is 519 g/mol. The number of benzene rings is 5. The van der Waals surface area contributed by atoms with Gasteiger partial charge in [0.2, 0.25) is 0 Å². The van der Waals surface area contributed by atoms with Gasteiger partial charge in [-0.3, -0.25) is 0 Å². The molecule has 0 bridgehead atoms. The lowest BCUT2D eigenvalue weighted by Gasteiger charge is -2.32. The molecule has 3 heteroatoms. The summed E-state index contributed by atoms with van der Waals surface area (Å²) in [6, 6.07) is 35.5. The van der Waals surface area contributed by atoms with Crippen molar-refractivity contribution in [2.24, 2.45) is 0 Å². The molecule has 0 saturated heterocycles. The fraction of sp³-hybridized carbons (Fsp3) is 0.250. The van der Waals surface area contributed by atoms with E-state index in [0.29, 0.717) is 0 Å². The molecule has 0 N–H and O–H groups in total. The van der Waals surface area contributed by atoms with Crippen LogP contribution in [0, 0.1) is 41.5 Å². The van der Waals surface area contributed by atoms with Gasteiger partial charge in [0.1, 0.15) is 7.85 Å². The fourth-order valence-electron chi connectivity index (χ4n) is 6.24. The molecule has 0 aliphatic rings. The number of hydrogen-bond donors (Lipinski definition) is 0. The normalized spacial score (nSPS) is 11.0. The van der Waals surface area contributed by atoms with Gasteiger partial charge in [0.05, 0.1) is 11.4 Å². The van der Waals surface area contributed by atoms with Crippen molar-refractivity contribution in [1.29, 1.82) is 0 Å². The van der Waals surface area contributed by atoms with Crippen LogP contribution in [-0.4, -0.2) is 7.85 Å². The zero-order valence-corrected chi connectivity index (χ0v) is 26.8. The maximum absolute atomic E-state index is 6.27. The Morgan fingerprint density at radius 1 is 0.512 bits per heavy atom. The van der Waals surface area contributed by atoms with E-state index in [1.807, 2.05) is 0 Å². The molecule has 0 spiro atoms. The Morgan fingerprint density at radius 2 is 0.930 bits per heavy atom. The Morgan fingerprint density at radius 3 is 1.35 bits per heavy atom. The Balaban J connectivity index is 1.71. The van der Waals surface area contributed by atoms with Crippen molar-refractivity contribution < 1.29 is 0 Å². The van der Waals surface area contributed by atoms with Crippen LogP contribution >= 0.6 is 0 Å². The van der Waals surface area contributed by atoms with Crippen LogP contribution in [0.4, 0.5) is 34.1 Å². The van der Waals surface area contributed by atoms with Crippen LogP contribution in [0.15, 0.2) is 97.1 Å². The van der Waals surface area contributed by atoms with Crippen molar-refractivity contribution in [1.82, 2.24) is 0 Å². The summed E-state index contributed by atoms with van der Waals surface area (Å²) in [6.07, 6.45) is 3.53. The molecule has 5 aromatic rings. The Labute approximate surface area is 260 Å². The van der Waals surface area contributed by atoms with E-state index in [1.54, 1.807) is 0 Å². The predicted octanol–water partition coefficient (Wildman–Crippen LogP) is 10.6. The molecule has 0 aliphatic heterocycles. The lowest BCUT2D eigenvalue weighted by molar-refractivity contribution is 0.794. The average molecular weight is 563 g/mol. The minimum atomic E-state index is 0.787. The van der Waals surface area contributed by atoms with Gasteiger partial charge >= 0.3 is 0 Å². The third kappa shape index (κ3) is 6.57. The summed E-state index contributed by atoms with van der Waals surface area (Å²) in [5.74, 6) is 0. The van der Waals surface area contributed by atoms with E-state index < -0.39 is 0 Å². The van der Waals surface area contributed by atoms with E-state index in [1.165, 1.54) is 46.3 Å². The molecule has 0 aromatic heterocycles. The molecule has 0 amide bonds. The summed E-state index contributed by atoms with van der Waals surface area (Å²) < 4.78 is 0. The third-order valence-corrected chi connectivity index (χ3v) is 8.26. The molecule has 0 aliphatic carbocycles. The third-order valence-electron chi connectivity index (χ3n) is 8.26. The van der Waals surface area contributed by atoms with Gasteiger partial charge in [0, 0.05) is 22.7 Å². The molecule has 2 nitrogen and oxygen atoms in total. The minimum Gasteiger partial charge on any atom is -0.310 e. The summed E-state index contributed by atoms with van der Waals surface area (Å²) >= 11 is 0. The Hall–Kier alpha value is -4.24. The van der Waals surface area contributed by atoms with Crippen molar-refractivity contribution in [2.75, 3.05) is 9.80 Å². The highest BCUT2D eigenvalue weighted by atomic mass is 15.2. The second-order valence-corrected chi connectivity index (χ2v) is 12.0. The maximum atomic E-state index is 6.27. The fourth-order valence-corrected chi connectivity index (χ4v) is 6.24. The van der Waals surface area contributed by atoms with Crippen LogP contribution in [0.5, 0.6) is 0 Å². The zero-order chi connectivity index (χ0) is 30.7. The number of aryl methyl sites for hydroxylation is 7. The number of hydrogen-bond acceptors (Lipinski definition) is 2. The zero-order valence-electron chi connectivity index (χ0n) is 26.8. The second-order valence-electron chi connectivity index (χ2n) is 12.0. The first-order valence-corrected chi connectivity index (χ1v) is 15.5. The number of anilines is 6. The van der Waals surface area contributed by atoms with Crippen LogP contribution in [0.25, 0.3) is 0 Å². The molecule has 0 heterocycles. The minimum absolute atomic E-state index is 0.787. The summed E-state index contributed by atoms with van der Waals surface area (Å²) in [7, 11) is 6.27. The topological polar surface area (TPSA) is 6.48 Å². The summed E-state index contributed by atoms with van der Waals surface area (Å²) in [4.78, 5) is 4.79. The summed E-state index contributed by atoms with van der Waals surface area (Å²) in [6.45, 7) is 15.3. The van der Waals surface area contributed by atoms with E-state index in [9.17, 15) is 0 Å². The number of unbranched alkanes of at least 4 members (excludes halogenated alkanes) is 1. The van der Waals surface area contributed by atoms with Crippen molar-refractivity contribution in [3.63, 3.8) is 0 Å². The van der Waals surface area contributed by atoms with E-state index in [-0.39, 0.29) is 0 Å². The number of rotatable bonds is 9. The molecular formula is C40H43BN2. The largest absolute Gasteiger partial charge is 0.310 e. The van der Waals surface area contributed by atoms with Crippen LogP contribution in [0.3, 0.4) is 0 Å². The van der Waals surface area contributed by atoms with Gasteiger partial charge in [-0.05, 0) is 125 Å². The standard InChI is InChI=1S/C40H43BN2/c1-8-9-11-33-22-29(4)39(30(5)23-33)42(35-18-14-27(2)15-19-35)37-12-10-13-38(26-37)43(36-20-16-28(3)17-21-36)40-31(6)24-34(41)25-32(40)7/h10,12-26H,8-9,11H2,1-7H3. The highest BCUT2D eigenvalue weighted by Gasteiger charge is 2.21. The van der Waals surface area contributed by atoms with Gasteiger partial charge in [-0.1, -0.05) is 84.5 Å². The van der Waals surface area contributed by atoms with E-state index in [0.717, 1.165) is 51.4 Å².